The Morgan fingerprint density at radius 3 is 2.67 bits per heavy atom. The number of aromatic nitrogens is 4. The second-order valence-corrected chi connectivity index (χ2v) is 5.57. The van der Waals surface area contributed by atoms with Gasteiger partial charge in [0.1, 0.15) is 5.76 Å². The number of hydrogen-bond acceptors (Lipinski definition) is 5. The molecule has 3 heterocycles. The van der Waals surface area contributed by atoms with Gasteiger partial charge >= 0.3 is 5.69 Å². The number of imidazole rings is 1. The van der Waals surface area contributed by atoms with Crippen LogP contribution in [0.15, 0.2) is 26.1 Å². The van der Waals surface area contributed by atoms with E-state index in [1.165, 1.54) is 4.57 Å². The standard InChI is InChI=1S/C16H20N4O4/c1-4-7-20-14-12(15(21)18-16(20)22)19(8-9-23-3)13(17-14)11-6-5-10(2)24-11/h5-6H,4,7-9H2,1-3H3,(H,18,21,22). The zero-order valence-electron chi connectivity index (χ0n) is 14.0. The molecule has 0 bridgehead atoms. The zero-order chi connectivity index (χ0) is 17.3. The van der Waals surface area contributed by atoms with Crippen molar-refractivity contribution in [3.05, 3.63) is 38.7 Å². The third-order valence-corrected chi connectivity index (χ3v) is 3.81. The summed E-state index contributed by atoms with van der Waals surface area (Å²) in [5.41, 5.74) is -0.191. The van der Waals surface area contributed by atoms with Gasteiger partial charge in [-0.25, -0.2) is 9.78 Å². The van der Waals surface area contributed by atoms with Crippen molar-refractivity contribution >= 4 is 11.2 Å². The van der Waals surface area contributed by atoms with Crippen LogP contribution in [0.25, 0.3) is 22.7 Å². The van der Waals surface area contributed by atoms with E-state index in [0.717, 1.165) is 12.2 Å². The second-order valence-electron chi connectivity index (χ2n) is 5.57. The molecule has 0 aliphatic rings. The van der Waals surface area contributed by atoms with Crippen LogP contribution in [0.2, 0.25) is 0 Å². The van der Waals surface area contributed by atoms with Gasteiger partial charge in [0.25, 0.3) is 5.56 Å². The Hall–Kier alpha value is -2.61. The van der Waals surface area contributed by atoms with Gasteiger partial charge in [-0.2, -0.15) is 0 Å². The SMILES string of the molecule is CCCn1c(=O)[nH]c(=O)c2c1nc(-c1ccc(C)o1)n2CCOC. The smallest absolute Gasteiger partial charge is 0.330 e. The van der Waals surface area contributed by atoms with E-state index >= 15 is 0 Å². The van der Waals surface area contributed by atoms with Crippen molar-refractivity contribution in [3.8, 4) is 11.6 Å². The molecular weight excluding hydrogens is 312 g/mol. The minimum absolute atomic E-state index is 0.351. The number of aromatic amines is 1. The molecule has 0 unspecified atom stereocenters. The van der Waals surface area contributed by atoms with Crippen LogP contribution in [0.4, 0.5) is 0 Å². The highest BCUT2D eigenvalue weighted by Gasteiger charge is 2.20. The highest BCUT2D eigenvalue weighted by atomic mass is 16.5. The van der Waals surface area contributed by atoms with E-state index < -0.39 is 11.2 Å². The third-order valence-electron chi connectivity index (χ3n) is 3.81. The molecule has 0 aliphatic heterocycles. The van der Waals surface area contributed by atoms with Gasteiger partial charge in [0.15, 0.2) is 22.7 Å². The van der Waals surface area contributed by atoms with E-state index in [4.69, 9.17) is 9.15 Å². The van der Waals surface area contributed by atoms with E-state index in [2.05, 4.69) is 9.97 Å². The van der Waals surface area contributed by atoms with Crippen molar-refractivity contribution in [2.24, 2.45) is 0 Å². The van der Waals surface area contributed by atoms with Gasteiger partial charge in [-0.05, 0) is 25.5 Å². The molecular formula is C16H20N4O4. The lowest BCUT2D eigenvalue weighted by Crippen LogP contribution is -2.31. The lowest BCUT2D eigenvalue weighted by atomic mass is 10.4. The fourth-order valence-electron chi connectivity index (χ4n) is 2.75. The molecule has 0 fully saturated rings. The van der Waals surface area contributed by atoms with Gasteiger partial charge in [-0.3, -0.25) is 14.3 Å². The van der Waals surface area contributed by atoms with Crippen molar-refractivity contribution in [1.82, 2.24) is 19.1 Å². The molecule has 3 aromatic heterocycles. The van der Waals surface area contributed by atoms with Crippen molar-refractivity contribution in [2.45, 2.75) is 33.4 Å². The number of H-pyrrole nitrogens is 1. The molecule has 0 amide bonds. The molecule has 0 atom stereocenters. The highest BCUT2D eigenvalue weighted by molar-refractivity contribution is 5.75. The van der Waals surface area contributed by atoms with Gasteiger partial charge in [-0.1, -0.05) is 6.92 Å². The molecule has 3 rings (SSSR count). The normalized spacial score (nSPS) is 11.5. The van der Waals surface area contributed by atoms with Gasteiger partial charge in [0.05, 0.1) is 6.61 Å². The van der Waals surface area contributed by atoms with Crippen LogP contribution >= 0.6 is 0 Å². The molecule has 8 nitrogen and oxygen atoms in total. The third kappa shape index (κ3) is 2.69. The second kappa shape index (κ2) is 6.48. The maximum absolute atomic E-state index is 12.4. The highest BCUT2D eigenvalue weighted by Crippen LogP contribution is 2.24. The van der Waals surface area contributed by atoms with Gasteiger partial charge in [-0.15, -0.1) is 0 Å². The summed E-state index contributed by atoms with van der Waals surface area (Å²) < 4.78 is 14.0. The minimum atomic E-state index is -0.458. The molecule has 24 heavy (non-hydrogen) atoms. The molecule has 0 spiro atoms. The predicted molar refractivity (Wildman–Crippen MR) is 89.2 cm³/mol. The molecule has 3 aromatic rings. The summed E-state index contributed by atoms with van der Waals surface area (Å²) in [6, 6.07) is 3.63. The molecule has 8 heteroatoms. The molecule has 0 saturated carbocycles. The van der Waals surface area contributed by atoms with Gasteiger partial charge < -0.3 is 13.7 Å². The van der Waals surface area contributed by atoms with E-state index in [9.17, 15) is 9.59 Å². The Kier molecular flexibility index (Phi) is 4.39. The number of nitrogens with zero attached hydrogens (tertiary/aromatic N) is 3. The molecule has 0 aromatic carbocycles. The Labute approximate surface area is 137 Å². The zero-order valence-corrected chi connectivity index (χ0v) is 14.0. The molecule has 0 radical (unpaired) electrons. The van der Waals surface area contributed by atoms with Crippen LogP contribution in [0.1, 0.15) is 19.1 Å². The largest absolute Gasteiger partial charge is 0.458 e. The Bertz CT molecular complexity index is 976. The first-order valence-corrected chi connectivity index (χ1v) is 7.86. The van der Waals surface area contributed by atoms with Crippen molar-refractivity contribution in [1.29, 1.82) is 0 Å². The van der Waals surface area contributed by atoms with E-state index in [1.54, 1.807) is 17.7 Å². The molecule has 0 saturated heterocycles. The topological polar surface area (TPSA) is 95.0 Å². The summed E-state index contributed by atoms with van der Waals surface area (Å²) in [7, 11) is 1.59. The number of rotatable bonds is 6. The number of hydrogen-bond donors (Lipinski definition) is 1. The van der Waals surface area contributed by atoms with Crippen LogP contribution < -0.4 is 11.2 Å². The number of fused-ring (bicyclic) bond motifs is 1. The fraction of sp³-hybridized carbons (Fsp3) is 0.438. The van der Waals surface area contributed by atoms with Gasteiger partial charge in [0, 0.05) is 20.2 Å². The number of methoxy groups -OCH3 is 1. The maximum Gasteiger partial charge on any atom is 0.330 e. The Morgan fingerprint density at radius 2 is 2.04 bits per heavy atom. The number of furan rings is 1. The molecule has 1 N–H and O–H groups in total. The predicted octanol–water partition coefficient (Wildman–Crippen LogP) is 1.51. The summed E-state index contributed by atoms with van der Waals surface area (Å²) in [6.45, 7) is 5.11. The maximum atomic E-state index is 12.4. The van der Waals surface area contributed by atoms with Crippen LogP contribution in [0.5, 0.6) is 0 Å². The molecule has 128 valence electrons. The first-order chi connectivity index (χ1) is 11.6. The van der Waals surface area contributed by atoms with Crippen molar-refractivity contribution in [3.63, 3.8) is 0 Å². The summed E-state index contributed by atoms with van der Waals surface area (Å²) >= 11 is 0. The summed E-state index contributed by atoms with van der Waals surface area (Å²) in [6.07, 6.45) is 0.751. The summed E-state index contributed by atoms with van der Waals surface area (Å²) in [4.78, 5) is 31.4. The van der Waals surface area contributed by atoms with E-state index in [-0.39, 0.29) is 0 Å². The van der Waals surface area contributed by atoms with E-state index in [0.29, 0.717) is 42.4 Å². The van der Waals surface area contributed by atoms with Crippen LogP contribution in [-0.2, 0) is 17.8 Å². The number of aryl methyl sites for hydroxylation is 2. The first kappa shape index (κ1) is 16.3. The molecule has 0 aliphatic carbocycles. The Balaban J connectivity index is 2.34. The van der Waals surface area contributed by atoms with Crippen LogP contribution in [0.3, 0.4) is 0 Å². The number of nitrogens with one attached hydrogen (secondary N) is 1. The van der Waals surface area contributed by atoms with E-state index in [1.807, 2.05) is 19.9 Å². The monoisotopic (exact) mass is 332 g/mol. The summed E-state index contributed by atoms with van der Waals surface area (Å²) in [5.74, 6) is 1.81. The van der Waals surface area contributed by atoms with Crippen molar-refractivity contribution in [2.75, 3.05) is 13.7 Å². The van der Waals surface area contributed by atoms with Crippen LogP contribution in [0, 0.1) is 6.92 Å². The number of ether oxygens (including phenoxy) is 1. The Morgan fingerprint density at radius 1 is 1.25 bits per heavy atom. The average Bonchev–Trinajstić information content (AvgIpc) is 3.13. The average molecular weight is 332 g/mol. The van der Waals surface area contributed by atoms with Gasteiger partial charge in [0.2, 0.25) is 0 Å². The fourth-order valence-corrected chi connectivity index (χ4v) is 2.75. The quantitative estimate of drug-likeness (QED) is 0.738. The lowest BCUT2D eigenvalue weighted by molar-refractivity contribution is 0.188. The lowest BCUT2D eigenvalue weighted by Gasteiger charge is -2.07. The van der Waals surface area contributed by atoms with Crippen molar-refractivity contribution < 1.29 is 9.15 Å². The van der Waals surface area contributed by atoms with Crippen LogP contribution in [-0.4, -0.2) is 32.8 Å². The minimum Gasteiger partial charge on any atom is -0.458 e. The first-order valence-electron chi connectivity index (χ1n) is 7.86. The summed E-state index contributed by atoms with van der Waals surface area (Å²) in [5, 5.41) is 0.